The Kier molecular flexibility index (Phi) is 5.82. The maximum atomic E-state index is 6.18. The maximum absolute atomic E-state index is 6.18. The van der Waals surface area contributed by atoms with Crippen LogP contribution in [0.5, 0.6) is 0 Å². The molecule has 0 N–H and O–H groups in total. The molecular formula is C13H31NOSi2. The molecule has 0 amide bonds. The zero-order valence-corrected chi connectivity index (χ0v) is 15.2. The first kappa shape index (κ1) is 17.1. The molecule has 0 aromatic rings. The second-order valence-electron chi connectivity index (χ2n) is 7.50. The van der Waals surface area contributed by atoms with Gasteiger partial charge < -0.3 is 9.08 Å². The zero-order valence-electron chi connectivity index (χ0n) is 13.2. The number of nitrogens with zero attached hydrogens (tertiary/aromatic N) is 1. The Bertz CT molecular complexity index is 262. The summed E-state index contributed by atoms with van der Waals surface area (Å²) in [4.78, 5) is 0. The Morgan fingerprint density at radius 1 is 1.12 bits per heavy atom. The fraction of sp³-hybridized carbons (Fsp3) is 0.923. The summed E-state index contributed by atoms with van der Waals surface area (Å²) in [6, 6.07) is 0. The fourth-order valence-corrected chi connectivity index (χ4v) is 2.76. The van der Waals surface area contributed by atoms with Crippen molar-refractivity contribution in [3.8, 4) is 0 Å². The number of rotatable bonds is 5. The Hall–Kier alpha value is 0.0638. The summed E-state index contributed by atoms with van der Waals surface area (Å²) >= 11 is 0. The van der Waals surface area contributed by atoms with Gasteiger partial charge in [-0.25, -0.2) is 0 Å². The molecule has 0 aromatic carbocycles. The summed E-state index contributed by atoms with van der Waals surface area (Å²) in [7, 11) is -2.90. The lowest BCUT2D eigenvalue weighted by Crippen LogP contribution is -2.41. The van der Waals surface area contributed by atoms with E-state index in [-0.39, 0.29) is 0 Å². The lowest BCUT2D eigenvalue weighted by atomic mass is 10.2. The van der Waals surface area contributed by atoms with E-state index in [1.165, 1.54) is 0 Å². The molecule has 0 spiro atoms. The highest BCUT2D eigenvalue weighted by Crippen LogP contribution is 2.36. The van der Waals surface area contributed by atoms with Crippen molar-refractivity contribution < 1.29 is 4.43 Å². The molecule has 0 aliphatic heterocycles. The molecule has 0 aliphatic rings. The van der Waals surface area contributed by atoms with Crippen molar-refractivity contribution >= 4 is 22.8 Å². The van der Waals surface area contributed by atoms with Gasteiger partial charge >= 0.3 is 0 Å². The van der Waals surface area contributed by atoms with Gasteiger partial charge in [-0.1, -0.05) is 27.7 Å². The van der Waals surface area contributed by atoms with E-state index in [1.54, 1.807) is 0 Å². The highest BCUT2D eigenvalue weighted by atomic mass is 28.4. The van der Waals surface area contributed by atoms with Crippen molar-refractivity contribution in [2.24, 2.45) is 10.6 Å². The number of hydrogen-bond acceptors (Lipinski definition) is 2. The van der Waals surface area contributed by atoms with Crippen LogP contribution in [0.1, 0.15) is 27.7 Å². The van der Waals surface area contributed by atoms with Crippen LogP contribution in [0.15, 0.2) is 4.66 Å². The molecule has 0 heterocycles. The fourth-order valence-electron chi connectivity index (χ4n) is 0.950. The summed E-state index contributed by atoms with van der Waals surface area (Å²) in [6.07, 6.45) is 2.10. The minimum atomic E-state index is -1.59. The molecule has 2 nitrogen and oxygen atoms in total. The van der Waals surface area contributed by atoms with Gasteiger partial charge in [0.25, 0.3) is 0 Å². The molecule has 1 atom stereocenters. The summed E-state index contributed by atoms with van der Waals surface area (Å²) in [5.41, 5.74) is 0. The molecule has 0 fully saturated rings. The highest BCUT2D eigenvalue weighted by molar-refractivity contribution is 6.75. The Labute approximate surface area is 110 Å². The second-order valence-corrected chi connectivity index (χ2v) is 16.9. The van der Waals surface area contributed by atoms with Gasteiger partial charge in [0.2, 0.25) is 0 Å². The summed E-state index contributed by atoms with van der Waals surface area (Å²) in [5, 5.41) is 0.294. The average molecular weight is 274 g/mol. The van der Waals surface area contributed by atoms with E-state index in [0.717, 1.165) is 6.61 Å². The smallest absolute Gasteiger partial charge is 0.192 e. The predicted molar refractivity (Wildman–Crippen MR) is 84.2 cm³/mol. The molecule has 0 aliphatic carbocycles. The predicted octanol–water partition coefficient (Wildman–Crippen LogP) is 4.55. The van der Waals surface area contributed by atoms with Gasteiger partial charge in [0.15, 0.2) is 16.6 Å². The van der Waals surface area contributed by atoms with Crippen LogP contribution in [0.3, 0.4) is 0 Å². The van der Waals surface area contributed by atoms with E-state index >= 15 is 0 Å². The molecule has 0 saturated heterocycles. The quantitative estimate of drug-likeness (QED) is 0.532. The second kappa shape index (κ2) is 5.80. The van der Waals surface area contributed by atoms with Crippen LogP contribution in [-0.4, -0.2) is 29.4 Å². The van der Waals surface area contributed by atoms with Gasteiger partial charge in [-0.15, -0.1) is 0 Å². The van der Waals surface area contributed by atoms with Gasteiger partial charge in [-0.3, -0.25) is 0 Å². The molecule has 0 bridgehead atoms. The molecule has 0 radical (unpaired) electrons. The standard InChI is InChI=1S/C13H31NOSi2/c1-12(10-14-16(5,6)7)11-15-17(8,9)13(2,3)4/h10,12H,11H2,1-9H3/b14-10+/t12-/m0/s1. The van der Waals surface area contributed by atoms with Gasteiger partial charge in [-0.05, 0) is 44.0 Å². The summed E-state index contributed by atoms with van der Waals surface area (Å²) in [6.45, 7) is 21.2. The van der Waals surface area contributed by atoms with Crippen molar-refractivity contribution in [2.45, 2.75) is 65.5 Å². The van der Waals surface area contributed by atoms with Crippen molar-refractivity contribution in [1.82, 2.24) is 0 Å². The topological polar surface area (TPSA) is 21.6 Å². The van der Waals surface area contributed by atoms with Crippen molar-refractivity contribution in [2.75, 3.05) is 6.61 Å². The van der Waals surface area contributed by atoms with Gasteiger partial charge in [-0.2, -0.15) is 0 Å². The first-order valence-corrected chi connectivity index (χ1v) is 12.9. The lowest BCUT2D eigenvalue weighted by Gasteiger charge is -2.36. The largest absolute Gasteiger partial charge is 0.416 e. The molecular weight excluding hydrogens is 242 g/mol. The molecule has 0 saturated carbocycles. The van der Waals surface area contributed by atoms with Crippen molar-refractivity contribution in [3.63, 3.8) is 0 Å². The van der Waals surface area contributed by atoms with E-state index < -0.39 is 16.6 Å². The first-order valence-electron chi connectivity index (χ1n) is 6.54. The SMILES string of the molecule is C[C@@H](/C=N/[Si](C)(C)C)CO[Si](C)(C)C(C)(C)C. The molecule has 0 aromatic heterocycles. The van der Waals surface area contributed by atoms with Crippen LogP contribution < -0.4 is 0 Å². The third-order valence-corrected chi connectivity index (χ3v) is 8.65. The Morgan fingerprint density at radius 2 is 1.59 bits per heavy atom. The van der Waals surface area contributed by atoms with Crippen LogP contribution in [0.2, 0.25) is 37.8 Å². The van der Waals surface area contributed by atoms with E-state index in [0.29, 0.717) is 11.0 Å². The Morgan fingerprint density at radius 3 is 1.94 bits per heavy atom. The molecule has 4 heteroatoms. The lowest BCUT2D eigenvalue weighted by molar-refractivity contribution is 0.268. The van der Waals surface area contributed by atoms with Crippen LogP contribution >= 0.6 is 0 Å². The van der Waals surface area contributed by atoms with E-state index in [1.807, 2.05) is 0 Å². The first-order chi connectivity index (χ1) is 7.35. The monoisotopic (exact) mass is 273 g/mol. The molecule has 0 unspecified atom stereocenters. The minimum absolute atomic E-state index is 0.294. The number of hydrogen-bond donors (Lipinski definition) is 0. The average Bonchev–Trinajstić information content (AvgIpc) is 2.08. The van der Waals surface area contributed by atoms with Gasteiger partial charge in [0, 0.05) is 12.5 Å². The third-order valence-electron chi connectivity index (χ3n) is 3.23. The van der Waals surface area contributed by atoms with Crippen LogP contribution in [0.4, 0.5) is 0 Å². The summed E-state index contributed by atoms with van der Waals surface area (Å²) in [5.74, 6) is 0.427. The van der Waals surface area contributed by atoms with Gasteiger partial charge in [0.1, 0.15) is 0 Å². The third kappa shape index (κ3) is 7.16. The van der Waals surface area contributed by atoms with Crippen molar-refractivity contribution in [1.29, 1.82) is 0 Å². The molecule has 17 heavy (non-hydrogen) atoms. The van der Waals surface area contributed by atoms with E-state index in [2.05, 4.69) is 71.3 Å². The molecule has 102 valence electrons. The summed E-state index contributed by atoms with van der Waals surface area (Å²) < 4.78 is 10.9. The van der Waals surface area contributed by atoms with Crippen LogP contribution in [0.25, 0.3) is 0 Å². The normalized spacial score (nSPS) is 16.5. The van der Waals surface area contributed by atoms with E-state index in [9.17, 15) is 0 Å². The Balaban J connectivity index is 4.27. The zero-order chi connectivity index (χ0) is 13.9. The maximum Gasteiger partial charge on any atom is 0.192 e. The van der Waals surface area contributed by atoms with Crippen LogP contribution in [0, 0.1) is 5.92 Å². The highest BCUT2D eigenvalue weighted by Gasteiger charge is 2.37. The van der Waals surface area contributed by atoms with Crippen LogP contribution in [-0.2, 0) is 4.43 Å². The van der Waals surface area contributed by atoms with E-state index in [4.69, 9.17) is 4.43 Å². The van der Waals surface area contributed by atoms with Crippen molar-refractivity contribution in [3.05, 3.63) is 0 Å². The van der Waals surface area contributed by atoms with Gasteiger partial charge in [0.05, 0.1) is 0 Å². The minimum Gasteiger partial charge on any atom is -0.416 e. The molecule has 0 rings (SSSR count).